The van der Waals surface area contributed by atoms with Gasteiger partial charge in [-0.05, 0) is 61.2 Å². The number of carbonyl (C=O) groups excluding carboxylic acids is 2. The van der Waals surface area contributed by atoms with E-state index < -0.39 is 28.5 Å². The van der Waals surface area contributed by atoms with Crippen molar-refractivity contribution in [3.05, 3.63) is 89.5 Å². The second-order valence-corrected chi connectivity index (χ2v) is 10.2. The van der Waals surface area contributed by atoms with Crippen molar-refractivity contribution in [2.24, 2.45) is 0 Å². The number of hydrogen-bond donors (Lipinski definition) is 1. The smallest absolute Gasteiger partial charge is 0.338 e. The lowest BCUT2D eigenvalue weighted by Gasteiger charge is -2.24. The molecule has 0 aliphatic carbocycles. The Hall–Kier alpha value is -3.65. The minimum absolute atomic E-state index is 0.00738. The van der Waals surface area contributed by atoms with Gasteiger partial charge in [0.25, 0.3) is 15.9 Å². The Morgan fingerprint density at radius 2 is 1.63 bits per heavy atom. The van der Waals surface area contributed by atoms with Gasteiger partial charge in [0, 0.05) is 12.2 Å². The van der Waals surface area contributed by atoms with Crippen molar-refractivity contribution in [1.29, 1.82) is 0 Å². The van der Waals surface area contributed by atoms with Gasteiger partial charge in [0.05, 0.1) is 16.1 Å². The first-order chi connectivity index (χ1) is 16.6. The fraction of sp³-hybridized carbons (Fsp3) is 0.259. The van der Waals surface area contributed by atoms with Crippen molar-refractivity contribution in [3.63, 3.8) is 0 Å². The van der Waals surface area contributed by atoms with Crippen LogP contribution in [0.25, 0.3) is 0 Å². The first-order valence-corrected chi connectivity index (χ1v) is 12.8. The summed E-state index contributed by atoms with van der Waals surface area (Å²) in [6.07, 6.45) is 0. The Bertz CT molecular complexity index is 1300. The molecule has 3 aromatic rings. The molecule has 0 aliphatic heterocycles. The summed E-state index contributed by atoms with van der Waals surface area (Å²) in [5.74, 6) is -1.05. The van der Waals surface area contributed by atoms with E-state index in [-0.39, 0.29) is 22.9 Å². The Balaban J connectivity index is 1.76. The number of ether oxygens (including phenoxy) is 1. The standard InChI is InChI=1S/C27H30N2O5S/c1-5-29(22-11-7-6-8-12-22)35(32,33)25-17-21(16-15-20(25)4)27(31)34-18-26(30)28-24-14-10-9-13-23(24)19(2)3/h6-17,19H,5,18H2,1-4H3,(H,28,30). The van der Waals surface area contributed by atoms with Crippen molar-refractivity contribution in [2.75, 3.05) is 22.8 Å². The van der Waals surface area contributed by atoms with Crippen molar-refractivity contribution >= 4 is 33.3 Å². The van der Waals surface area contributed by atoms with Crippen LogP contribution in [0.3, 0.4) is 0 Å². The van der Waals surface area contributed by atoms with E-state index in [2.05, 4.69) is 5.32 Å². The number of para-hydroxylation sites is 2. The second-order valence-electron chi connectivity index (χ2n) is 8.35. The summed E-state index contributed by atoms with van der Waals surface area (Å²) in [5.41, 5.74) is 2.71. The van der Waals surface area contributed by atoms with Gasteiger partial charge in [-0.15, -0.1) is 0 Å². The zero-order chi connectivity index (χ0) is 25.6. The molecule has 0 aliphatic rings. The van der Waals surface area contributed by atoms with Gasteiger partial charge in [-0.3, -0.25) is 9.10 Å². The number of benzene rings is 3. The lowest BCUT2D eigenvalue weighted by atomic mass is 10.0. The third-order valence-electron chi connectivity index (χ3n) is 5.51. The molecule has 35 heavy (non-hydrogen) atoms. The molecule has 0 fully saturated rings. The minimum atomic E-state index is -3.93. The number of nitrogens with zero attached hydrogens (tertiary/aromatic N) is 1. The highest BCUT2D eigenvalue weighted by molar-refractivity contribution is 7.92. The summed E-state index contributed by atoms with van der Waals surface area (Å²) in [7, 11) is -3.93. The number of rotatable bonds is 9. The van der Waals surface area contributed by atoms with E-state index in [1.54, 1.807) is 50.2 Å². The first-order valence-electron chi connectivity index (χ1n) is 11.4. The number of aryl methyl sites for hydroxylation is 1. The Kier molecular flexibility index (Phi) is 8.30. The molecule has 0 heterocycles. The Labute approximate surface area is 206 Å². The normalized spacial score (nSPS) is 11.2. The van der Waals surface area contributed by atoms with Gasteiger partial charge < -0.3 is 10.1 Å². The van der Waals surface area contributed by atoms with Crippen LogP contribution in [-0.2, 0) is 19.6 Å². The van der Waals surface area contributed by atoms with Crippen LogP contribution in [0, 0.1) is 6.92 Å². The maximum atomic E-state index is 13.4. The number of nitrogens with one attached hydrogen (secondary N) is 1. The van der Waals surface area contributed by atoms with E-state index in [0.29, 0.717) is 16.9 Å². The molecule has 3 rings (SSSR count). The lowest BCUT2D eigenvalue weighted by Crippen LogP contribution is -2.31. The van der Waals surface area contributed by atoms with E-state index >= 15 is 0 Å². The molecular formula is C27H30N2O5S. The van der Waals surface area contributed by atoms with Gasteiger partial charge in [0.2, 0.25) is 0 Å². The van der Waals surface area contributed by atoms with Gasteiger partial charge in [0.15, 0.2) is 6.61 Å². The molecule has 8 heteroatoms. The molecule has 0 aromatic heterocycles. The van der Waals surface area contributed by atoms with Crippen LogP contribution in [0.4, 0.5) is 11.4 Å². The van der Waals surface area contributed by atoms with Crippen LogP contribution >= 0.6 is 0 Å². The molecule has 0 atom stereocenters. The average Bonchev–Trinajstić information content (AvgIpc) is 2.84. The number of amides is 1. The summed E-state index contributed by atoms with van der Waals surface area (Å²) in [5, 5.41) is 2.77. The summed E-state index contributed by atoms with van der Waals surface area (Å²) in [6.45, 7) is 7.18. The van der Waals surface area contributed by atoms with E-state index in [9.17, 15) is 18.0 Å². The van der Waals surface area contributed by atoms with Crippen LogP contribution < -0.4 is 9.62 Å². The fourth-order valence-electron chi connectivity index (χ4n) is 3.72. The minimum Gasteiger partial charge on any atom is -0.452 e. The molecular weight excluding hydrogens is 464 g/mol. The highest BCUT2D eigenvalue weighted by atomic mass is 32.2. The van der Waals surface area contributed by atoms with Crippen LogP contribution in [-0.4, -0.2) is 33.4 Å². The maximum absolute atomic E-state index is 13.4. The van der Waals surface area contributed by atoms with Gasteiger partial charge >= 0.3 is 5.97 Å². The second kappa shape index (κ2) is 11.2. The predicted octanol–water partition coefficient (Wildman–Crippen LogP) is 5.13. The zero-order valence-corrected chi connectivity index (χ0v) is 21.1. The summed E-state index contributed by atoms with van der Waals surface area (Å²) >= 11 is 0. The molecule has 0 unspecified atom stereocenters. The quantitative estimate of drug-likeness (QED) is 0.416. The van der Waals surface area contributed by atoms with Crippen LogP contribution in [0.1, 0.15) is 48.2 Å². The van der Waals surface area contributed by atoms with Crippen LogP contribution in [0.2, 0.25) is 0 Å². The predicted molar refractivity (Wildman–Crippen MR) is 137 cm³/mol. The molecule has 0 bridgehead atoms. The largest absolute Gasteiger partial charge is 0.452 e. The van der Waals surface area contributed by atoms with Gasteiger partial charge in [-0.2, -0.15) is 0 Å². The number of esters is 1. The van der Waals surface area contributed by atoms with E-state index in [1.165, 1.54) is 16.4 Å². The highest BCUT2D eigenvalue weighted by Crippen LogP contribution is 2.27. The molecule has 0 radical (unpaired) electrons. The number of hydrogen-bond acceptors (Lipinski definition) is 5. The highest BCUT2D eigenvalue weighted by Gasteiger charge is 2.26. The van der Waals surface area contributed by atoms with Crippen molar-refractivity contribution in [3.8, 4) is 0 Å². The molecule has 1 N–H and O–H groups in total. The van der Waals surface area contributed by atoms with Crippen molar-refractivity contribution in [1.82, 2.24) is 0 Å². The van der Waals surface area contributed by atoms with Crippen LogP contribution in [0.5, 0.6) is 0 Å². The third-order valence-corrected chi connectivity index (χ3v) is 7.56. The molecule has 184 valence electrons. The van der Waals surface area contributed by atoms with Gasteiger partial charge in [-0.25, -0.2) is 13.2 Å². The van der Waals surface area contributed by atoms with Crippen molar-refractivity contribution in [2.45, 2.75) is 38.5 Å². The average molecular weight is 495 g/mol. The van der Waals surface area contributed by atoms with Crippen LogP contribution in [0.15, 0.2) is 77.7 Å². The number of anilines is 2. The SMILES string of the molecule is CCN(c1ccccc1)S(=O)(=O)c1cc(C(=O)OCC(=O)Nc2ccccc2C(C)C)ccc1C. The monoisotopic (exact) mass is 494 g/mol. The molecule has 0 saturated carbocycles. The van der Waals surface area contributed by atoms with E-state index in [4.69, 9.17) is 4.74 Å². The fourth-order valence-corrected chi connectivity index (χ4v) is 5.45. The van der Waals surface area contributed by atoms with Gasteiger partial charge in [-0.1, -0.05) is 56.3 Å². The summed E-state index contributed by atoms with van der Waals surface area (Å²) in [6, 6.07) is 20.5. The molecule has 3 aromatic carbocycles. The van der Waals surface area contributed by atoms with E-state index in [0.717, 1.165) is 5.56 Å². The topological polar surface area (TPSA) is 92.8 Å². The molecule has 1 amide bonds. The molecule has 0 spiro atoms. The first kappa shape index (κ1) is 26.0. The number of carbonyl (C=O) groups is 2. The summed E-state index contributed by atoms with van der Waals surface area (Å²) < 4.78 is 33.3. The number of sulfonamides is 1. The van der Waals surface area contributed by atoms with Gasteiger partial charge in [0.1, 0.15) is 0 Å². The zero-order valence-electron chi connectivity index (χ0n) is 20.3. The lowest BCUT2D eigenvalue weighted by molar-refractivity contribution is -0.119. The Morgan fingerprint density at radius 1 is 0.971 bits per heavy atom. The molecule has 7 nitrogen and oxygen atoms in total. The Morgan fingerprint density at radius 3 is 2.29 bits per heavy atom. The maximum Gasteiger partial charge on any atom is 0.338 e. The third kappa shape index (κ3) is 6.08. The molecule has 0 saturated heterocycles. The summed E-state index contributed by atoms with van der Waals surface area (Å²) in [4.78, 5) is 25.1. The van der Waals surface area contributed by atoms with E-state index in [1.807, 2.05) is 38.1 Å². The van der Waals surface area contributed by atoms with Crippen molar-refractivity contribution < 1.29 is 22.7 Å².